The largest absolute Gasteiger partial charge is 0.294 e. The van der Waals surface area contributed by atoms with Crippen LogP contribution in [0.1, 0.15) is 45.5 Å². The van der Waals surface area contributed by atoms with Gasteiger partial charge in [-0.05, 0) is 42.8 Å². The van der Waals surface area contributed by atoms with Crippen molar-refractivity contribution < 1.29 is 14.0 Å². The number of rotatable bonds is 6. The van der Waals surface area contributed by atoms with E-state index < -0.39 is 0 Å². The predicted molar refractivity (Wildman–Crippen MR) is 80.1 cm³/mol. The van der Waals surface area contributed by atoms with Crippen LogP contribution in [-0.4, -0.2) is 11.6 Å². The topological polar surface area (TPSA) is 57.9 Å². The monoisotopic (exact) mass is 295 g/mol. The minimum absolute atomic E-state index is 0.0589. The molecule has 4 heteroatoms. The van der Waals surface area contributed by atoms with Crippen LogP contribution in [0.25, 0.3) is 0 Å². The van der Waals surface area contributed by atoms with Crippen molar-refractivity contribution in [2.75, 3.05) is 0 Å². The molecule has 0 N–H and O–H groups in total. The van der Waals surface area contributed by atoms with Crippen molar-refractivity contribution in [1.29, 1.82) is 5.26 Å². The summed E-state index contributed by atoms with van der Waals surface area (Å²) in [6.07, 6.45) is 0.946. The van der Waals surface area contributed by atoms with Gasteiger partial charge in [0, 0.05) is 24.0 Å². The number of nitrogens with zero attached hydrogens (tertiary/aromatic N) is 1. The van der Waals surface area contributed by atoms with Gasteiger partial charge >= 0.3 is 0 Å². The van der Waals surface area contributed by atoms with Crippen LogP contribution in [0.5, 0.6) is 0 Å². The Balaban J connectivity index is 1.85. The Morgan fingerprint density at radius 2 is 1.32 bits per heavy atom. The fourth-order valence-corrected chi connectivity index (χ4v) is 2.06. The Morgan fingerprint density at radius 3 is 1.77 bits per heavy atom. The fourth-order valence-electron chi connectivity index (χ4n) is 2.06. The van der Waals surface area contributed by atoms with Crippen molar-refractivity contribution in [3.63, 3.8) is 0 Å². The molecule has 0 heterocycles. The quantitative estimate of drug-likeness (QED) is 0.759. The summed E-state index contributed by atoms with van der Waals surface area (Å²) in [5, 5.41) is 8.70. The van der Waals surface area contributed by atoms with Gasteiger partial charge in [0.1, 0.15) is 5.82 Å². The molecule has 0 aromatic heterocycles. The average Bonchev–Trinajstić information content (AvgIpc) is 2.55. The zero-order valence-electron chi connectivity index (χ0n) is 11.9. The highest BCUT2D eigenvalue weighted by atomic mass is 19.1. The molecule has 0 spiro atoms. The summed E-state index contributed by atoms with van der Waals surface area (Å²) >= 11 is 0. The van der Waals surface area contributed by atoms with Crippen molar-refractivity contribution >= 4 is 11.6 Å². The minimum atomic E-state index is -0.382. The maximum absolute atomic E-state index is 12.8. The van der Waals surface area contributed by atoms with Gasteiger partial charge in [-0.3, -0.25) is 9.59 Å². The Labute approximate surface area is 128 Å². The van der Waals surface area contributed by atoms with Crippen molar-refractivity contribution in [2.24, 2.45) is 0 Å². The number of carbonyl (C=O) groups is 2. The molecule has 0 unspecified atom stereocenters. The highest BCUT2D eigenvalue weighted by molar-refractivity contribution is 5.98. The van der Waals surface area contributed by atoms with Gasteiger partial charge in [0.15, 0.2) is 11.6 Å². The first-order valence-corrected chi connectivity index (χ1v) is 6.92. The number of hydrogen-bond acceptors (Lipinski definition) is 3. The maximum Gasteiger partial charge on any atom is 0.162 e. The highest BCUT2D eigenvalue weighted by Crippen LogP contribution is 2.12. The summed E-state index contributed by atoms with van der Waals surface area (Å²) < 4.78 is 12.8. The first kappa shape index (κ1) is 15.6. The number of halogens is 1. The van der Waals surface area contributed by atoms with E-state index in [1.807, 2.05) is 6.07 Å². The molecule has 0 atom stereocenters. The van der Waals surface area contributed by atoms with Crippen LogP contribution in [0.15, 0.2) is 48.5 Å². The molecule has 0 radical (unpaired) electrons. The molecule has 3 nitrogen and oxygen atoms in total. The van der Waals surface area contributed by atoms with Gasteiger partial charge in [-0.2, -0.15) is 5.26 Å². The van der Waals surface area contributed by atoms with E-state index in [0.717, 1.165) is 0 Å². The number of ketones is 2. The van der Waals surface area contributed by atoms with Crippen LogP contribution in [0.3, 0.4) is 0 Å². The molecule has 2 aromatic carbocycles. The normalized spacial score (nSPS) is 10.0. The fraction of sp³-hybridized carbons (Fsp3) is 0.167. The highest BCUT2D eigenvalue weighted by Gasteiger charge is 2.09. The van der Waals surface area contributed by atoms with Crippen molar-refractivity contribution in [3.8, 4) is 6.07 Å². The van der Waals surface area contributed by atoms with Gasteiger partial charge in [0.05, 0.1) is 11.6 Å². The molecule has 0 amide bonds. The van der Waals surface area contributed by atoms with Crippen molar-refractivity contribution in [2.45, 2.75) is 19.3 Å². The number of carbonyl (C=O) groups excluding carboxylic acids is 2. The molecular weight excluding hydrogens is 281 g/mol. The second-order valence-electron chi connectivity index (χ2n) is 4.90. The number of Topliss-reactive ketones (excluding diaryl/α,β-unsaturated/α-hetero) is 2. The van der Waals surface area contributed by atoms with E-state index in [2.05, 4.69) is 0 Å². The lowest BCUT2D eigenvalue weighted by molar-refractivity contribution is 0.0957. The molecule has 0 saturated carbocycles. The van der Waals surface area contributed by atoms with Crippen LogP contribution < -0.4 is 0 Å². The number of nitriles is 1. The third kappa shape index (κ3) is 4.10. The molecule has 0 aliphatic carbocycles. The van der Waals surface area contributed by atoms with E-state index in [1.165, 1.54) is 24.3 Å². The Hall–Kier alpha value is -2.80. The summed E-state index contributed by atoms with van der Waals surface area (Å²) in [7, 11) is 0. The van der Waals surface area contributed by atoms with Crippen molar-refractivity contribution in [1.82, 2.24) is 0 Å². The van der Waals surface area contributed by atoms with Crippen LogP contribution in [0.4, 0.5) is 4.39 Å². The van der Waals surface area contributed by atoms with Gasteiger partial charge in [-0.15, -0.1) is 0 Å². The SMILES string of the molecule is N#Cc1ccc(C(=O)CCCC(=O)c2ccc(F)cc2)cc1. The lowest BCUT2D eigenvalue weighted by Gasteiger charge is -2.02. The van der Waals surface area contributed by atoms with Crippen LogP contribution in [-0.2, 0) is 0 Å². The van der Waals surface area contributed by atoms with Gasteiger partial charge < -0.3 is 0 Å². The summed E-state index contributed by atoms with van der Waals surface area (Å²) in [6, 6.07) is 13.8. The lowest BCUT2D eigenvalue weighted by atomic mass is 10.0. The van der Waals surface area contributed by atoms with E-state index in [-0.39, 0.29) is 30.2 Å². The summed E-state index contributed by atoms with van der Waals surface area (Å²) in [4.78, 5) is 23.9. The number of benzene rings is 2. The van der Waals surface area contributed by atoms with E-state index in [1.54, 1.807) is 24.3 Å². The molecule has 0 saturated heterocycles. The molecule has 0 fully saturated rings. The molecule has 22 heavy (non-hydrogen) atoms. The maximum atomic E-state index is 12.8. The Kier molecular flexibility index (Phi) is 5.16. The predicted octanol–water partition coefficient (Wildman–Crippen LogP) is 3.93. The van der Waals surface area contributed by atoms with Crippen molar-refractivity contribution in [3.05, 3.63) is 71.0 Å². The summed E-state index contributed by atoms with van der Waals surface area (Å²) in [5.74, 6) is -0.545. The molecule has 0 bridgehead atoms. The third-order valence-corrected chi connectivity index (χ3v) is 3.31. The average molecular weight is 295 g/mol. The van der Waals surface area contributed by atoms with E-state index >= 15 is 0 Å². The van der Waals surface area contributed by atoms with E-state index in [9.17, 15) is 14.0 Å². The Morgan fingerprint density at radius 1 is 0.864 bits per heavy atom. The molecule has 110 valence electrons. The molecule has 0 aliphatic rings. The molecule has 2 rings (SSSR count). The second kappa shape index (κ2) is 7.28. The zero-order chi connectivity index (χ0) is 15.9. The van der Waals surface area contributed by atoms with Gasteiger partial charge in [0.25, 0.3) is 0 Å². The van der Waals surface area contributed by atoms with Crippen LogP contribution in [0, 0.1) is 17.1 Å². The van der Waals surface area contributed by atoms with Gasteiger partial charge in [0.2, 0.25) is 0 Å². The summed E-state index contributed by atoms with van der Waals surface area (Å²) in [6.45, 7) is 0. The van der Waals surface area contributed by atoms with Gasteiger partial charge in [-0.25, -0.2) is 4.39 Å². The molecule has 0 aliphatic heterocycles. The minimum Gasteiger partial charge on any atom is -0.294 e. The first-order valence-electron chi connectivity index (χ1n) is 6.92. The zero-order valence-corrected chi connectivity index (χ0v) is 11.9. The second-order valence-corrected chi connectivity index (χ2v) is 4.90. The van der Waals surface area contributed by atoms with Crippen LogP contribution in [0.2, 0.25) is 0 Å². The van der Waals surface area contributed by atoms with E-state index in [4.69, 9.17) is 5.26 Å². The standard InChI is InChI=1S/C18H14FNO2/c19-16-10-8-15(9-11-16)18(22)3-1-2-17(21)14-6-4-13(12-20)5-7-14/h4-11H,1-3H2. The third-order valence-electron chi connectivity index (χ3n) is 3.31. The smallest absolute Gasteiger partial charge is 0.162 e. The van der Waals surface area contributed by atoms with Gasteiger partial charge in [-0.1, -0.05) is 12.1 Å². The Bertz CT molecular complexity index is 712. The first-order chi connectivity index (χ1) is 10.6. The lowest BCUT2D eigenvalue weighted by Crippen LogP contribution is -2.03. The summed E-state index contributed by atoms with van der Waals surface area (Å²) in [5.41, 5.74) is 1.49. The molecular formula is C18H14FNO2. The number of hydrogen-bond donors (Lipinski definition) is 0. The van der Waals surface area contributed by atoms with E-state index in [0.29, 0.717) is 23.1 Å². The van der Waals surface area contributed by atoms with Crippen LogP contribution >= 0.6 is 0 Å². The molecule has 2 aromatic rings.